The van der Waals surface area contributed by atoms with Crippen molar-refractivity contribution in [1.29, 1.82) is 0 Å². The minimum atomic E-state index is -0.211. The van der Waals surface area contributed by atoms with Crippen LogP contribution in [-0.2, 0) is 17.8 Å². The monoisotopic (exact) mass is 392 g/mol. The lowest BCUT2D eigenvalue weighted by Crippen LogP contribution is -2.08. The quantitative estimate of drug-likeness (QED) is 0.637. The van der Waals surface area contributed by atoms with Crippen molar-refractivity contribution in [1.82, 2.24) is 14.8 Å². The number of hydrogen-bond donors (Lipinski definition) is 1. The number of aryl methyl sites for hydroxylation is 1. The van der Waals surface area contributed by atoms with Gasteiger partial charge >= 0.3 is 0 Å². The highest BCUT2D eigenvalue weighted by Crippen LogP contribution is 2.25. The zero-order valence-electron chi connectivity index (χ0n) is 15.4. The number of rotatable bonds is 4. The Morgan fingerprint density at radius 3 is 2.86 bits per heavy atom. The van der Waals surface area contributed by atoms with Gasteiger partial charge in [-0.3, -0.25) is 4.79 Å². The van der Waals surface area contributed by atoms with E-state index in [-0.39, 0.29) is 5.91 Å². The van der Waals surface area contributed by atoms with Gasteiger partial charge in [0.15, 0.2) is 5.82 Å². The van der Waals surface area contributed by atoms with Crippen LogP contribution in [0.25, 0.3) is 17.5 Å². The predicted octanol–water partition coefficient (Wildman–Crippen LogP) is 4.98. The molecule has 6 heteroatoms. The van der Waals surface area contributed by atoms with Crippen LogP contribution in [0, 0.1) is 0 Å². The molecule has 142 valence electrons. The predicted molar refractivity (Wildman–Crippen MR) is 112 cm³/mol. The molecule has 1 N–H and O–H groups in total. The van der Waals surface area contributed by atoms with Gasteiger partial charge in [-0.2, -0.15) is 0 Å². The Balaban J connectivity index is 1.51. The Kier molecular flexibility index (Phi) is 5.53. The maximum atomic E-state index is 12.3. The van der Waals surface area contributed by atoms with Gasteiger partial charge in [0.25, 0.3) is 0 Å². The van der Waals surface area contributed by atoms with E-state index in [0.29, 0.717) is 5.02 Å². The number of halogens is 1. The zero-order chi connectivity index (χ0) is 19.3. The Labute approximate surface area is 169 Å². The summed E-state index contributed by atoms with van der Waals surface area (Å²) in [4.78, 5) is 12.3. The summed E-state index contributed by atoms with van der Waals surface area (Å²) < 4.78 is 2.20. The van der Waals surface area contributed by atoms with Crippen molar-refractivity contribution in [3.63, 3.8) is 0 Å². The molecule has 2 heterocycles. The van der Waals surface area contributed by atoms with E-state index < -0.39 is 0 Å². The first-order chi connectivity index (χ1) is 13.7. The molecule has 5 nitrogen and oxygen atoms in total. The molecule has 0 aliphatic carbocycles. The third-order valence-corrected chi connectivity index (χ3v) is 5.16. The van der Waals surface area contributed by atoms with Gasteiger partial charge in [0.1, 0.15) is 5.82 Å². The van der Waals surface area contributed by atoms with Gasteiger partial charge in [0.05, 0.1) is 0 Å². The number of nitrogens with one attached hydrogen (secondary N) is 1. The molecule has 2 aromatic carbocycles. The molecule has 0 saturated heterocycles. The fraction of sp³-hybridized carbons (Fsp3) is 0.227. The molecule has 3 aromatic rings. The SMILES string of the molecule is O=C(/C=C/c1ccccc1Cl)Nc1cccc(-c2nnc3n2CCCCC3)c1. The van der Waals surface area contributed by atoms with E-state index in [1.165, 1.54) is 12.5 Å². The van der Waals surface area contributed by atoms with E-state index in [1.807, 2.05) is 42.5 Å². The van der Waals surface area contributed by atoms with Gasteiger partial charge in [-0.05, 0) is 42.7 Å². The average Bonchev–Trinajstić information content (AvgIpc) is 2.96. The summed E-state index contributed by atoms with van der Waals surface area (Å²) in [7, 11) is 0. The van der Waals surface area contributed by atoms with Crippen LogP contribution in [0.3, 0.4) is 0 Å². The van der Waals surface area contributed by atoms with Crippen molar-refractivity contribution in [2.45, 2.75) is 32.2 Å². The van der Waals surface area contributed by atoms with Gasteiger partial charge in [0, 0.05) is 35.3 Å². The molecule has 0 spiro atoms. The second kappa shape index (κ2) is 8.40. The molecule has 1 amide bonds. The summed E-state index contributed by atoms with van der Waals surface area (Å²) in [5, 5.41) is 12.3. The molecule has 0 saturated carbocycles. The highest BCUT2D eigenvalue weighted by atomic mass is 35.5. The first-order valence-electron chi connectivity index (χ1n) is 9.47. The average molecular weight is 393 g/mol. The largest absolute Gasteiger partial charge is 0.322 e. The van der Waals surface area contributed by atoms with Crippen molar-refractivity contribution in [3.8, 4) is 11.4 Å². The van der Waals surface area contributed by atoms with Crippen LogP contribution >= 0.6 is 11.6 Å². The number of carbonyl (C=O) groups is 1. The highest BCUT2D eigenvalue weighted by molar-refractivity contribution is 6.32. The van der Waals surface area contributed by atoms with E-state index in [4.69, 9.17) is 11.6 Å². The van der Waals surface area contributed by atoms with Crippen LogP contribution < -0.4 is 5.32 Å². The standard InChI is InChI=1S/C22H21ClN4O/c23-19-10-4-3-7-16(19)12-13-21(28)24-18-9-6-8-17(15-18)22-26-25-20-11-2-1-5-14-27(20)22/h3-4,6-10,12-13,15H,1-2,5,11,14H2,(H,24,28)/b13-12+. The third-order valence-electron chi connectivity index (χ3n) is 4.82. The summed E-state index contributed by atoms with van der Waals surface area (Å²) in [5.74, 6) is 1.70. The number of amides is 1. The number of benzene rings is 2. The Morgan fingerprint density at radius 2 is 1.96 bits per heavy atom. The molecule has 4 rings (SSSR count). The van der Waals surface area contributed by atoms with Gasteiger partial charge in [-0.15, -0.1) is 10.2 Å². The second-order valence-corrected chi connectivity index (χ2v) is 7.23. The first-order valence-corrected chi connectivity index (χ1v) is 9.84. The summed E-state index contributed by atoms with van der Waals surface area (Å²) in [6, 6.07) is 15.1. The molecule has 0 unspecified atom stereocenters. The van der Waals surface area contributed by atoms with E-state index >= 15 is 0 Å². The molecule has 1 aliphatic heterocycles. The maximum absolute atomic E-state index is 12.3. The van der Waals surface area contributed by atoms with Crippen LogP contribution in [0.2, 0.25) is 5.02 Å². The summed E-state index contributed by atoms with van der Waals surface area (Å²) in [6.07, 6.45) is 7.68. The van der Waals surface area contributed by atoms with Crippen LogP contribution in [0.15, 0.2) is 54.6 Å². The summed E-state index contributed by atoms with van der Waals surface area (Å²) >= 11 is 6.12. The first kappa shape index (κ1) is 18.4. The Morgan fingerprint density at radius 1 is 1.07 bits per heavy atom. The minimum absolute atomic E-state index is 0.211. The lowest BCUT2D eigenvalue weighted by Gasteiger charge is -2.09. The van der Waals surface area contributed by atoms with Crippen molar-refractivity contribution in [2.24, 2.45) is 0 Å². The fourth-order valence-corrected chi connectivity index (χ4v) is 3.59. The van der Waals surface area contributed by atoms with Crippen molar-refractivity contribution in [2.75, 3.05) is 5.32 Å². The normalized spacial score (nSPS) is 13.9. The molecular formula is C22H21ClN4O. The molecular weight excluding hydrogens is 372 g/mol. The smallest absolute Gasteiger partial charge is 0.248 e. The number of anilines is 1. The molecule has 28 heavy (non-hydrogen) atoms. The van der Waals surface area contributed by atoms with Gasteiger partial charge in [-0.1, -0.05) is 48.4 Å². The molecule has 1 aliphatic rings. The second-order valence-electron chi connectivity index (χ2n) is 6.83. The Bertz CT molecular complexity index is 1020. The van der Waals surface area contributed by atoms with Crippen molar-refractivity contribution < 1.29 is 4.79 Å². The molecule has 0 radical (unpaired) electrons. The molecule has 1 aromatic heterocycles. The Hall–Kier alpha value is -2.92. The molecule has 0 fully saturated rings. The van der Waals surface area contributed by atoms with Crippen LogP contribution in [0.5, 0.6) is 0 Å². The van der Waals surface area contributed by atoms with E-state index in [2.05, 4.69) is 20.1 Å². The number of fused-ring (bicyclic) bond motifs is 1. The number of hydrogen-bond acceptors (Lipinski definition) is 3. The van der Waals surface area contributed by atoms with Crippen LogP contribution in [-0.4, -0.2) is 20.7 Å². The maximum Gasteiger partial charge on any atom is 0.248 e. The van der Waals surface area contributed by atoms with Gasteiger partial charge in [0.2, 0.25) is 5.91 Å². The third kappa shape index (κ3) is 4.15. The summed E-state index contributed by atoms with van der Waals surface area (Å²) in [5.41, 5.74) is 2.48. The van der Waals surface area contributed by atoms with E-state index in [9.17, 15) is 4.79 Å². The van der Waals surface area contributed by atoms with Crippen molar-refractivity contribution >= 4 is 29.3 Å². The van der Waals surface area contributed by atoms with Gasteiger partial charge in [-0.25, -0.2) is 0 Å². The lowest BCUT2D eigenvalue weighted by molar-refractivity contribution is -0.111. The fourth-order valence-electron chi connectivity index (χ4n) is 3.39. The summed E-state index contributed by atoms with van der Waals surface area (Å²) in [6.45, 7) is 0.939. The van der Waals surface area contributed by atoms with E-state index in [1.54, 1.807) is 12.1 Å². The van der Waals surface area contributed by atoms with E-state index in [0.717, 1.165) is 54.3 Å². The lowest BCUT2D eigenvalue weighted by atomic mass is 10.1. The zero-order valence-corrected chi connectivity index (χ0v) is 16.2. The van der Waals surface area contributed by atoms with Crippen LogP contribution in [0.4, 0.5) is 5.69 Å². The molecule has 0 atom stereocenters. The highest BCUT2D eigenvalue weighted by Gasteiger charge is 2.16. The molecule has 0 bridgehead atoms. The number of aromatic nitrogens is 3. The van der Waals surface area contributed by atoms with Crippen LogP contribution in [0.1, 0.15) is 30.7 Å². The van der Waals surface area contributed by atoms with Crippen molar-refractivity contribution in [3.05, 3.63) is 71.0 Å². The number of nitrogens with zero attached hydrogens (tertiary/aromatic N) is 3. The topological polar surface area (TPSA) is 59.8 Å². The van der Waals surface area contributed by atoms with Gasteiger partial charge < -0.3 is 9.88 Å². The number of carbonyl (C=O) groups excluding carboxylic acids is 1. The minimum Gasteiger partial charge on any atom is -0.322 e.